The van der Waals surface area contributed by atoms with Gasteiger partial charge in [-0.1, -0.05) is 6.58 Å². The number of nitrogens with zero attached hydrogens (tertiary/aromatic N) is 1. The first-order chi connectivity index (χ1) is 4.59. The minimum atomic E-state index is 0.0586. The highest BCUT2D eigenvalue weighted by molar-refractivity contribution is 5.10. The van der Waals surface area contributed by atoms with Gasteiger partial charge in [0.15, 0.2) is 5.70 Å². The van der Waals surface area contributed by atoms with Crippen LogP contribution in [0.1, 0.15) is 0 Å². The number of allylic oxidation sites excluding steroid dienone is 2. The fourth-order valence-corrected chi connectivity index (χ4v) is 0.640. The Bertz CT molecular complexity index is 126. The van der Waals surface area contributed by atoms with Crippen molar-refractivity contribution in [1.29, 1.82) is 0 Å². The minimum Gasteiger partial charge on any atom is -0.395 e. The van der Waals surface area contributed by atoms with Crippen LogP contribution in [0.5, 0.6) is 0 Å². The van der Waals surface area contributed by atoms with Crippen molar-refractivity contribution >= 4 is 0 Å². The highest BCUT2D eigenvalue weighted by atomic mass is 16.3. The van der Waals surface area contributed by atoms with Crippen molar-refractivity contribution in [2.45, 2.75) is 0 Å². The van der Waals surface area contributed by atoms with Crippen LogP contribution in [0.15, 0.2) is 24.6 Å². The molecule has 0 amide bonds. The molecule has 0 aromatic carbocycles. The predicted molar refractivity (Wildman–Crippen MR) is 42.8 cm³/mol. The van der Waals surface area contributed by atoms with Gasteiger partial charge in [-0.05, 0) is 6.92 Å². The molecule has 0 rings (SSSR count). The van der Waals surface area contributed by atoms with Gasteiger partial charge in [0.05, 0.1) is 20.1 Å². The summed E-state index contributed by atoms with van der Waals surface area (Å²) in [5.74, 6) is 0. The molecule has 0 aliphatic carbocycles. The zero-order chi connectivity index (χ0) is 8.15. The molecule has 0 spiro atoms. The van der Waals surface area contributed by atoms with Crippen molar-refractivity contribution in [3.05, 3.63) is 38.4 Å². The lowest BCUT2D eigenvalue weighted by Gasteiger charge is -2.18. The number of rotatable bonds is 4. The van der Waals surface area contributed by atoms with E-state index in [1.165, 1.54) is 0 Å². The second-order valence-corrected chi connectivity index (χ2v) is 2.01. The first-order valence-corrected chi connectivity index (χ1v) is 2.99. The zero-order valence-electron chi connectivity index (χ0n) is 6.14. The molecule has 0 saturated heterocycles. The zero-order valence-corrected chi connectivity index (χ0v) is 6.14. The minimum absolute atomic E-state index is 0.0586. The molecule has 1 radical (unpaired) electrons. The standard InChI is InChI=1S/C8H13NO/c1-7(2)9(5-6-10)8(3)4/h10H,1-6H2/q+1. The fraction of sp³-hybridized carbons (Fsp3) is 0.250. The average molecular weight is 139 g/mol. The molecule has 0 bridgehead atoms. The van der Waals surface area contributed by atoms with Gasteiger partial charge in [0.1, 0.15) is 0 Å². The number of aliphatic hydroxyl groups is 1. The van der Waals surface area contributed by atoms with E-state index in [9.17, 15) is 0 Å². The van der Waals surface area contributed by atoms with Gasteiger partial charge in [0, 0.05) is 12.2 Å². The molecule has 0 unspecified atom stereocenters. The van der Waals surface area contributed by atoms with E-state index in [0.717, 1.165) is 0 Å². The van der Waals surface area contributed by atoms with Crippen molar-refractivity contribution in [3.8, 4) is 0 Å². The van der Waals surface area contributed by atoms with Crippen LogP contribution < -0.4 is 0 Å². The van der Waals surface area contributed by atoms with Gasteiger partial charge in [-0.3, -0.25) is 0 Å². The van der Waals surface area contributed by atoms with Crippen LogP contribution in [-0.4, -0.2) is 23.2 Å². The van der Waals surface area contributed by atoms with Crippen LogP contribution in [0.25, 0.3) is 0 Å². The van der Waals surface area contributed by atoms with Crippen LogP contribution in [0.3, 0.4) is 0 Å². The number of aliphatic hydroxyl groups excluding tert-OH is 1. The second-order valence-electron chi connectivity index (χ2n) is 2.01. The van der Waals surface area contributed by atoms with Crippen molar-refractivity contribution in [3.63, 3.8) is 0 Å². The summed E-state index contributed by atoms with van der Waals surface area (Å²) in [6.45, 7) is 14.9. The lowest BCUT2D eigenvalue weighted by molar-refractivity contribution is 0.254. The monoisotopic (exact) mass is 139 g/mol. The third-order valence-electron chi connectivity index (χ3n) is 1.09. The lowest BCUT2D eigenvalue weighted by atomic mass is 10.4. The summed E-state index contributed by atoms with van der Waals surface area (Å²) in [6, 6.07) is 0. The van der Waals surface area contributed by atoms with E-state index in [1.54, 1.807) is 4.90 Å². The number of hydrogen-bond donors (Lipinski definition) is 1. The van der Waals surface area contributed by atoms with E-state index in [1.807, 2.05) is 0 Å². The molecular weight excluding hydrogens is 126 g/mol. The van der Waals surface area contributed by atoms with Crippen LogP contribution in [0.2, 0.25) is 0 Å². The third kappa shape index (κ3) is 2.60. The Morgan fingerprint density at radius 3 is 2.10 bits per heavy atom. The van der Waals surface area contributed by atoms with Gasteiger partial charge in [0.2, 0.25) is 0 Å². The topological polar surface area (TPSA) is 23.5 Å². The Kier molecular flexibility index (Phi) is 3.65. The van der Waals surface area contributed by atoms with Crippen molar-refractivity contribution in [1.82, 2.24) is 4.90 Å². The molecule has 0 fully saturated rings. The SMILES string of the molecule is [CH2]C(=C)N(CCO)C(=C)[CH2+]. The van der Waals surface area contributed by atoms with E-state index >= 15 is 0 Å². The first kappa shape index (κ1) is 9.11. The van der Waals surface area contributed by atoms with E-state index in [2.05, 4.69) is 27.0 Å². The molecule has 0 aliphatic heterocycles. The maximum Gasteiger partial charge on any atom is 0.190 e. The van der Waals surface area contributed by atoms with Crippen LogP contribution >= 0.6 is 0 Å². The Hall–Kier alpha value is -0.890. The van der Waals surface area contributed by atoms with Crippen LogP contribution in [-0.2, 0) is 0 Å². The smallest absolute Gasteiger partial charge is 0.190 e. The van der Waals surface area contributed by atoms with Gasteiger partial charge in [-0.2, -0.15) is 0 Å². The summed E-state index contributed by atoms with van der Waals surface area (Å²) in [5, 5.41) is 8.56. The Labute approximate surface area is 62.5 Å². The summed E-state index contributed by atoms with van der Waals surface area (Å²) >= 11 is 0. The predicted octanol–water partition coefficient (Wildman–Crippen LogP) is 0.976. The third-order valence-corrected chi connectivity index (χ3v) is 1.09. The summed E-state index contributed by atoms with van der Waals surface area (Å²) in [6.07, 6.45) is 0. The van der Waals surface area contributed by atoms with Gasteiger partial charge >= 0.3 is 0 Å². The maximum absolute atomic E-state index is 8.56. The molecule has 2 nitrogen and oxygen atoms in total. The molecule has 0 aromatic rings. The van der Waals surface area contributed by atoms with Gasteiger partial charge < -0.3 is 10.0 Å². The highest BCUT2D eigenvalue weighted by Gasteiger charge is 2.06. The largest absolute Gasteiger partial charge is 0.395 e. The van der Waals surface area contributed by atoms with Crippen LogP contribution in [0, 0.1) is 13.8 Å². The molecule has 10 heavy (non-hydrogen) atoms. The molecule has 0 aliphatic rings. The number of hydrogen-bond acceptors (Lipinski definition) is 2. The molecule has 0 heterocycles. The van der Waals surface area contributed by atoms with Gasteiger partial charge in [0.25, 0.3) is 0 Å². The molecule has 55 valence electrons. The van der Waals surface area contributed by atoms with Gasteiger partial charge in [-0.25, -0.2) is 0 Å². The summed E-state index contributed by atoms with van der Waals surface area (Å²) in [7, 11) is 0. The maximum atomic E-state index is 8.56. The van der Waals surface area contributed by atoms with E-state index < -0.39 is 0 Å². The average Bonchev–Trinajstić information content (AvgIpc) is 1.81. The highest BCUT2D eigenvalue weighted by Crippen LogP contribution is 2.05. The molecule has 1 N–H and O–H groups in total. The summed E-state index contributed by atoms with van der Waals surface area (Å²) < 4.78 is 0. The molecular formula is C8H13NO+. The fourth-order valence-electron chi connectivity index (χ4n) is 0.640. The molecule has 0 saturated carbocycles. The van der Waals surface area contributed by atoms with Gasteiger partial charge in [-0.15, -0.1) is 0 Å². The van der Waals surface area contributed by atoms with Crippen molar-refractivity contribution < 1.29 is 5.11 Å². The Morgan fingerprint density at radius 1 is 1.50 bits per heavy atom. The van der Waals surface area contributed by atoms with Crippen molar-refractivity contribution in [2.24, 2.45) is 0 Å². The van der Waals surface area contributed by atoms with E-state index in [-0.39, 0.29) is 6.61 Å². The van der Waals surface area contributed by atoms with E-state index in [4.69, 9.17) is 5.11 Å². The lowest BCUT2D eigenvalue weighted by Crippen LogP contribution is -2.22. The quantitative estimate of drug-likeness (QED) is 0.587. The van der Waals surface area contributed by atoms with Crippen LogP contribution in [0.4, 0.5) is 0 Å². The molecule has 0 aromatic heterocycles. The second kappa shape index (κ2) is 4.01. The van der Waals surface area contributed by atoms with Crippen molar-refractivity contribution in [2.75, 3.05) is 13.2 Å². The summed E-state index contributed by atoms with van der Waals surface area (Å²) in [4.78, 5) is 1.65. The summed E-state index contributed by atoms with van der Waals surface area (Å²) in [5.41, 5.74) is 1.21. The Balaban J connectivity index is 3.98. The normalized spacial score (nSPS) is 9.00. The molecule has 0 atom stereocenters. The Morgan fingerprint density at radius 2 is 2.00 bits per heavy atom. The molecule has 2 heteroatoms. The first-order valence-electron chi connectivity index (χ1n) is 2.99. The van der Waals surface area contributed by atoms with E-state index in [0.29, 0.717) is 17.9 Å².